The molecule has 0 aliphatic heterocycles. The summed E-state index contributed by atoms with van der Waals surface area (Å²) < 4.78 is 45.4. The molecule has 0 aliphatic rings. The van der Waals surface area contributed by atoms with Crippen LogP contribution in [-0.4, -0.2) is 20.9 Å². The first-order chi connectivity index (χ1) is 12.9. The molecule has 0 saturated carbocycles. The van der Waals surface area contributed by atoms with Crippen molar-refractivity contribution in [3.8, 4) is 0 Å². The second-order valence-corrected chi connectivity index (χ2v) is 7.87. The van der Waals surface area contributed by atoms with E-state index >= 15 is 0 Å². The van der Waals surface area contributed by atoms with E-state index in [-0.39, 0.29) is 22.1 Å². The molecule has 0 amide bonds. The van der Waals surface area contributed by atoms with Crippen molar-refractivity contribution < 1.29 is 22.3 Å². The Bertz CT molecular complexity index is 1080. The molecule has 3 aromatic rings. The van der Waals surface area contributed by atoms with Crippen LogP contribution < -0.4 is 4.72 Å². The first kappa shape index (κ1) is 19.3. The Kier molecular flexibility index (Phi) is 5.74. The van der Waals surface area contributed by atoms with Gasteiger partial charge in [0.15, 0.2) is 0 Å². The highest BCUT2D eigenvalue weighted by molar-refractivity contribution is 7.89. The highest BCUT2D eigenvalue weighted by atomic mass is 35.5. The zero-order chi connectivity index (χ0) is 19.4. The average Bonchev–Trinajstić information content (AvgIpc) is 2.65. The van der Waals surface area contributed by atoms with Crippen LogP contribution >= 0.6 is 11.6 Å². The van der Waals surface area contributed by atoms with Crippen molar-refractivity contribution in [2.24, 2.45) is 0 Å². The number of halogens is 2. The van der Waals surface area contributed by atoms with Crippen LogP contribution in [0.1, 0.15) is 5.56 Å². The Hall–Kier alpha value is -2.48. The maximum atomic E-state index is 13.6. The molecule has 0 spiro atoms. The molecule has 0 atom stereocenters. The molecular weight excluding hydrogens is 393 g/mol. The topological polar surface area (TPSA) is 72.5 Å². The van der Waals surface area contributed by atoms with E-state index in [1.807, 2.05) is 12.1 Å². The van der Waals surface area contributed by atoms with Crippen molar-refractivity contribution in [2.75, 3.05) is 6.54 Å². The zero-order valence-electron chi connectivity index (χ0n) is 14.0. The van der Waals surface area contributed by atoms with E-state index in [9.17, 15) is 17.6 Å². The molecule has 0 fully saturated rings. The third kappa shape index (κ3) is 4.63. The lowest BCUT2D eigenvalue weighted by Gasteiger charge is -2.09. The number of sulfonamides is 1. The van der Waals surface area contributed by atoms with E-state index < -0.39 is 28.4 Å². The normalized spacial score (nSPS) is 11.5. The summed E-state index contributed by atoms with van der Waals surface area (Å²) >= 11 is 5.85. The van der Waals surface area contributed by atoms with Crippen LogP contribution in [0.2, 0.25) is 5.02 Å². The van der Waals surface area contributed by atoms with Gasteiger partial charge in [0, 0.05) is 5.56 Å². The average molecular weight is 408 g/mol. The van der Waals surface area contributed by atoms with E-state index in [0.717, 1.165) is 10.8 Å². The summed E-state index contributed by atoms with van der Waals surface area (Å²) in [5, 5.41) is 1.79. The Balaban J connectivity index is 1.63. The van der Waals surface area contributed by atoms with Gasteiger partial charge in [0.05, 0.1) is 9.92 Å². The fraction of sp³-hybridized carbons (Fsp3) is 0.105. The minimum absolute atomic E-state index is 0.0323. The third-order valence-corrected chi connectivity index (χ3v) is 5.63. The Morgan fingerprint density at radius 3 is 2.52 bits per heavy atom. The van der Waals surface area contributed by atoms with Crippen molar-refractivity contribution >= 4 is 38.4 Å². The molecule has 0 heterocycles. The van der Waals surface area contributed by atoms with Crippen LogP contribution in [0.3, 0.4) is 0 Å². The number of hydrogen-bond donors (Lipinski definition) is 1. The van der Waals surface area contributed by atoms with Crippen molar-refractivity contribution in [1.29, 1.82) is 0 Å². The largest absolute Gasteiger partial charge is 0.460 e. The summed E-state index contributed by atoms with van der Waals surface area (Å²) in [6, 6.07) is 16.1. The lowest BCUT2D eigenvalue weighted by Crippen LogP contribution is -2.30. The van der Waals surface area contributed by atoms with Gasteiger partial charge in [0.2, 0.25) is 10.0 Å². The molecule has 0 saturated heterocycles. The van der Waals surface area contributed by atoms with Crippen molar-refractivity contribution in [1.82, 2.24) is 4.72 Å². The number of nitrogens with one attached hydrogen (secondary N) is 1. The predicted molar refractivity (Wildman–Crippen MR) is 100 cm³/mol. The van der Waals surface area contributed by atoms with Gasteiger partial charge in [-0.3, -0.25) is 4.79 Å². The number of hydrogen-bond acceptors (Lipinski definition) is 4. The van der Waals surface area contributed by atoms with Gasteiger partial charge in [-0.1, -0.05) is 48.0 Å². The number of benzene rings is 3. The summed E-state index contributed by atoms with van der Waals surface area (Å²) in [7, 11) is -3.90. The van der Waals surface area contributed by atoms with Crippen molar-refractivity contribution in [2.45, 2.75) is 11.5 Å². The number of rotatable bonds is 6. The molecular formula is C19H15ClFNO4S. The zero-order valence-corrected chi connectivity index (χ0v) is 15.6. The van der Waals surface area contributed by atoms with Gasteiger partial charge in [0.25, 0.3) is 0 Å². The molecule has 27 heavy (non-hydrogen) atoms. The summed E-state index contributed by atoms with van der Waals surface area (Å²) in [6.45, 7) is -0.969. The van der Waals surface area contributed by atoms with Crippen LogP contribution in [0.25, 0.3) is 10.8 Å². The molecule has 0 aliphatic carbocycles. The predicted octanol–water partition coefficient (Wildman–Crippen LogP) is 3.65. The van der Waals surface area contributed by atoms with Gasteiger partial charge < -0.3 is 4.74 Å². The smallest absolute Gasteiger partial charge is 0.321 e. The lowest BCUT2D eigenvalue weighted by molar-refractivity contribution is -0.143. The number of carbonyl (C=O) groups is 1. The Morgan fingerprint density at radius 1 is 1.04 bits per heavy atom. The Morgan fingerprint density at radius 2 is 1.78 bits per heavy atom. The Labute approximate surface area is 160 Å². The molecule has 1 N–H and O–H groups in total. The monoisotopic (exact) mass is 407 g/mol. The minimum atomic E-state index is -3.90. The van der Waals surface area contributed by atoms with Crippen LogP contribution in [0, 0.1) is 5.82 Å². The van der Waals surface area contributed by atoms with Crippen LogP contribution in [0.5, 0.6) is 0 Å². The first-order valence-electron chi connectivity index (χ1n) is 7.94. The van der Waals surface area contributed by atoms with E-state index in [1.54, 1.807) is 18.2 Å². The van der Waals surface area contributed by atoms with Crippen LogP contribution in [0.15, 0.2) is 65.6 Å². The van der Waals surface area contributed by atoms with Gasteiger partial charge in [0.1, 0.15) is 19.0 Å². The molecule has 0 bridgehead atoms. The van der Waals surface area contributed by atoms with Crippen molar-refractivity contribution in [3.63, 3.8) is 0 Å². The quantitative estimate of drug-likeness (QED) is 0.633. The first-order valence-corrected chi connectivity index (χ1v) is 9.80. The van der Waals surface area contributed by atoms with Crippen LogP contribution in [0.4, 0.5) is 4.39 Å². The molecule has 140 valence electrons. The molecule has 0 unspecified atom stereocenters. The number of esters is 1. The molecule has 5 nitrogen and oxygen atoms in total. The lowest BCUT2D eigenvalue weighted by atomic mass is 10.1. The number of ether oxygens (including phenoxy) is 1. The second-order valence-electron chi connectivity index (χ2n) is 5.69. The minimum Gasteiger partial charge on any atom is -0.460 e. The number of fused-ring (bicyclic) bond motifs is 1. The van der Waals surface area contributed by atoms with Crippen LogP contribution in [-0.2, 0) is 26.2 Å². The second kappa shape index (κ2) is 8.04. The van der Waals surface area contributed by atoms with Gasteiger partial charge in [-0.2, -0.15) is 4.72 Å². The maximum absolute atomic E-state index is 13.6. The highest BCUT2D eigenvalue weighted by Crippen LogP contribution is 2.20. The standard InChI is InChI=1S/C19H15ClFNO4S/c20-17-6-3-7-18(21)16(17)12-26-19(23)11-22-27(24,25)15-9-8-13-4-1-2-5-14(13)10-15/h1-10,22H,11-12H2. The summed E-state index contributed by atoms with van der Waals surface area (Å²) in [5.41, 5.74) is 0.0323. The SMILES string of the molecule is O=C(CNS(=O)(=O)c1ccc2ccccc2c1)OCc1c(F)cccc1Cl. The third-order valence-electron chi connectivity index (χ3n) is 3.88. The molecule has 8 heteroatoms. The van der Waals surface area contributed by atoms with E-state index in [1.165, 1.54) is 30.3 Å². The van der Waals surface area contributed by atoms with Gasteiger partial charge in [-0.05, 0) is 35.0 Å². The number of carbonyl (C=O) groups excluding carboxylic acids is 1. The van der Waals surface area contributed by atoms with E-state index in [4.69, 9.17) is 16.3 Å². The van der Waals surface area contributed by atoms with Gasteiger partial charge in [-0.15, -0.1) is 0 Å². The van der Waals surface area contributed by atoms with Gasteiger partial charge in [-0.25, -0.2) is 12.8 Å². The fourth-order valence-electron chi connectivity index (χ4n) is 2.45. The molecule has 3 rings (SSSR count). The summed E-state index contributed by atoms with van der Waals surface area (Å²) in [6.07, 6.45) is 0. The van der Waals surface area contributed by atoms with E-state index in [0.29, 0.717) is 0 Å². The van der Waals surface area contributed by atoms with Crippen molar-refractivity contribution in [3.05, 3.63) is 77.1 Å². The van der Waals surface area contributed by atoms with Gasteiger partial charge >= 0.3 is 5.97 Å². The maximum Gasteiger partial charge on any atom is 0.321 e. The molecule has 0 radical (unpaired) electrons. The van der Waals surface area contributed by atoms with E-state index in [2.05, 4.69) is 4.72 Å². The fourth-order valence-corrected chi connectivity index (χ4v) is 3.67. The molecule has 3 aromatic carbocycles. The summed E-state index contributed by atoms with van der Waals surface area (Å²) in [5.74, 6) is -1.45. The highest BCUT2D eigenvalue weighted by Gasteiger charge is 2.17. The molecule has 0 aromatic heterocycles. The summed E-state index contributed by atoms with van der Waals surface area (Å²) in [4.78, 5) is 11.8.